The second kappa shape index (κ2) is 11.0. The Kier molecular flexibility index (Phi) is 7.84. The molecule has 0 aromatic carbocycles. The number of rotatable bonds is 9. The summed E-state index contributed by atoms with van der Waals surface area (Å²) in [6.45, 7) is 4.92. The van der Waals surface area contributed by atoms with Gasteiger partial charge in [0.1, 0.15) is 11.6 Å². The van der Waals surface area contributed by atoms with Gasteiger partial charge in [-0.05, 0) is 38.0 Å². The fourth-order valence-electron chi connectivity index (χ4n) is 4.75. The van der Waals surface area contributed by atoms with Gasteiger partial charge in [-0.3, -0.25) is 5.10 Å². The van der Waals surface area contributed by atoms with Gasteiger partial charge in [-0.25, -0.2) is 9.78 Å². The Morgan fingerprint density at radius 3 is 2.65 bits per heavy atom. The van der Waals surface area contributed by atoms with E-state index >= 15 is 0 Å². The van der Waals surface area contributed by atoms with Gasteiger partial charge in [0.05, 0.1) is 32.6 Å². The predicted molar refractivity (Wildman–Crippen MR) is 126 cm³/mol. The Balaban J connectivity index is 1.37. The topological polar surface area (TPSA) is 138 Å². The second-order valence-electron chi connectivity index (χ2n) is 9.44. The van der Waals surface area contributed by atoms with Gasteiger partial charge in [-0.1, -0.05) is 13.8 Å². The van der Waals surface area contributed by atoms with E-state index < -0.39 is 0 Å². The largest absolute Gasteiger partial charge is 0.481 e. The maximum Gasteiger partial charge on any atom is 0.410 e. The highest BCUT2D eigenvalue weighted by molar-refractivity contribution is 5.69. The number of aromatic amines is 1. The van der Waals surface area contributed by atoms with Gasteiger partial charge in [-0.15, -0.1) is 0 Å². The van der Waals surface area contributed by atoms with Crippen LogP contribution in [0.2, 0.25) is 0 Å². The molecular formula is C23H35N7O4. The molecule has 0 spiro atoms. The lowest BCUT2D eigenvalue weighted by Crippen LogP contribution is -2.58. The van der Waals surface area contributed by atoms with Gasteiger partial charge in [0.2, 0.25) is 5.88 Å². The maximum absolute atomic E-state index is 12.7. The lowest BCUT2D eigenvalue weighted by atomic mass is 9.82. The molecule has 4 rings (SSSR count). The van der Waals surface area contributed by atoms with Crippen molar-refractivity contribution in [2.24, 2.45) is 5.92 Å². The number of piperidine rings is 2. The highest BCUT2D eigenvalue weighted by Crippen LogP contribution is 2.34. The Morgan fingerprint density at radius 1 is 1.24 bits per heavy atom. The zero-order chi connectivity index (χ0) is 24.1. The molecule has 2 unspecified atom stereocenters. The van der Waals surface area contributed by atoms with E-state index in [1.165, 1.54) is 0 Å². The number of aliphatic hydroxyl groups is 1. The fraction of sp³-hybridized carbons (Fsp3) is 0.652. The molecule has 0 saturated carbocycles. The predicted octanol–water partition coefficient (Wildman–Crippen LogP) is 2.71. The number of H-pyrrole nitrogens is 1. The highest BCUT2D eigenvalue weighted by Gasteiger charge is 2.41. The Hall–Kier alpha value is -2.92. The Morgan fingerprint density at radius 2 is 2.00 bits per heavy atom. The van der Waals surface area contributed by atoms with Crippen LogP contribution in [0.5, 0.6) is 5.88 Å². The number of carbonyl (C=O) groups is 1. The van der Waals surface area contributed by atoms with Gasteiger partial charge in [-0.2, -0.15) is 10.1 Å². The number of nitrogens with zero attached hydrogens (tertiary/aromatic N) is 4. The average molecular weight is 474 g/mol. The van der Waals surface area contributed by atoms with E-state index in [1.807, 2.05) is 18.7 Å². The lowest BCUT2D eigenvalue weighted by molar-refractivity contribution is 0.00933. The third-order valence-electron chi connectivity index (χ3n) is 6.29. The number of carbonyl (C=O) groups excluding carboxylic acids is 1. The van der Waals surface area contributed by atoms with Crippen LogP contribution in [0.4, 0.5) is 16.4 Å². The van der Waals surface area contributed by atoms with Crippen molar-refractivity contribution in [3.05, 3.63) is 23.7 Å². The van der Waals surface area contributed by atoms with Gasteiger partial charge in [0.15, 0.2) is 5.82 Å². The monoisotopic (exact) mass is 473 g/mol. The molecule has 4 heterocycles. The third-order valence-corrected chi connectivity index (χ3v) is 6.29. The molecule has 34 heavy (non-hydrogen) atoms. The van der Waals surface area contributed by atoms with E-state index in [0.29, 0.717) is 48.1 Å². The van der Waals surface area contributed by atoms with Gasteiger partial charge in [0, 0.05) is 30.3 Å². The van der Waals surface area contributed by atoms with Crippen LogP contribution in [0.1, 0.15) is 57.5 Å². The van der Waals surface area contributed by atoms with Crippen molar-refractivity contribution >= 4 is 17.7 Å². The number of aromatic nitrogens is 4. The Labute approximate surface area is 199 Å². The second-order valence-corrected chi connectivity index (χ2v) is 9.44. The first-order valence-corrected chi connectivity index (χ1v) is 12.0. The molecule has 2 aromatic heterocycles. The smallest absolute Gasteiger partial charge is 0.410 e. The van der Waals surface area contributed by atoms with E-state index in [2.05, 4.69) is 30.8 Å². The molecular weight excluding hydrogens is 438 g/mol. The molecule has 2 saturated heterocycles. The summed E-state index contributed by atoms with van der Waals surface area (Å²) in [5, 5.41) is 22.8. The molecule has 2 aromatic rings. The van der Waals surface area contributed by atoms with Crippen LogP contribution in [-0.2, 0) is 17.9 Å². The molecule has 2 aliphatic heterocycles. The third kappa shape index (κ3) is 5.95. The minimum atomic E-state index is -0.170. The quantitative estimate of drug-likeness (QED) is 0.433. The average Bonchev–Trinajstić information content (AvgIpc) is 3.27. The molecule has 1 amide bonds. The SMILES string of the molecule is COc1cc(Nc2cc(CO)[nH]n2)nc(CNC2CC3CCCC(C2)N3C(=O)OCC(C)C)n1. The highest BCUT2D eigenvalue weighted by atomic mass is 16.6. The van der Waals surface area contributed by atoms with Crippen molar-refractivity contribution in [3.8, 4) is 5.88 Å². The first-order chi connectivity index (χ1) is 16.4. The fourth-order valence-corrected chi connectivity index (χ4v) is 4.75. The van der Waals surface area contributed by atoms with E-state index in [0.717, 1.165) is 32.1 Å². The summed E-state index contributed by atoms with van der Waals surface area (Å²) in [7, 11) is 1.57. The number of anilines is 2. The van der Waals surface area contributed by atoms with Crippen molar-refractivity contribution in [3.63, 3.8) is 0 Å². The molecule has 2 aliphatic rings. The van der Waals surface area contributed by atoms with Gasteiger partial charge in [0.25, 0.3) is 0 Å². The zero-order valence-electron chi connectivity index (χ0n) is 20.1. The summed E-state index contributed by atoms with van der Waals surface area (Å²) < 4.78 is 10.9. The van der Waals surface area contributed by atoms with Crippen molar-refractivity contribution in [1.82, 2.24) is 30.4 Å². The minimum absolute atomic E-state index is 0.118. The number of hydrogen-bond acceptors (Lipinski definition) is 9. The van der Waals surface area contributed by atoms with Crippen LogP contribution in [0.25, 0.3) is 0 Å². The number of nitrogens with one attached hydrogen (secondary N) is 3. The van der Waals surface area contributed by atoms with E-state index in [1.54, 1.807) is 19.2 Å². The number of methoxy groups -OCH3 is 1. The standard InChI is InChI=1S/C23H35N7O4/c1-14(2)13-34-23(32)30-17-5-4-6-18(30)8-15(7-17)24-11-21-26-19(10-22(27-21)33-3)25-20-9-16(12-31)28-29-20/h9-10,14-15,17-18,24,31H,4-8,11-13H2,1-3H3,(H2,25,26,27,28,29). The maximum atomic E-state index is 12.7. The summed E-state index contributed by atoms with van der Waals surface area (Å²) in [6, 6.07) is 4.09. The minimum Gasteiger partial charge on any atom is -0.481 e. The zero-order valence-corrected chi connectivity index (χ0v) is 20.1. The van der Waals surface area contributed by atoms with Crippen LogP contribution in [0.15, 0.2) is 12.1 Å². The van der Waals surface area contributed by atoms with Crippen molar-refractivity contribution < 1.29 is 19.4 Å². The van der Waals surface area contributed by atoms with E-state index in [-0.39, 0.29) is 30.8 Å². The molecule has 0 radical (unpaired) electrons. The van der Waals surface area contributed by atoms with Crippen molar-refractivity contribution in [2.45, 2.75) is 77.2 Å². The van der Waals surface area contributed by atoms with Gasteiger partial charge < -0.3 is 30.1 Å². The normalized spacial score (nSPS) is 22.0. The molecule has 2 bridgehead atoms. The summed E-state index contributed by atoms with van der Waals surface area (Å²) in [6.07, 6.45) is 4.77. The Bertz CT molecular complexity index is 953. The summed E-state index contributed by atoms with van der Waals surface area (Å²) >= 11 is 0. The summed E-state index contributed by atoms with van der Waals surface area (Å²) in [5.41, 5.74) is 0.607. The number of hydrogen-bond donors (Lipinski definition) is 4. The first kappa shape index (κ1) is 24.2. The molecule has 2 atom stereocenters. The van der Waals surface area contributed by atoms with Gasteiger partial charge >= 0.3 is 6.09 Å². The molecule has 4 N–H and O–H groups in total. The first-order valence-electron chi connectivity index (χ1n) is 12.0. The number of fused-ring (bicyclic) bond motifs is 2. The molecule has 11 heteroatoms. The van der Waals surface area contributed by atoms with Crippen LogP contribution in [-0.4, -0.2) is 68.1 Å². The molecule has 11 nitrogen and oxygen atoms in total. The summed E-state index contributed by atoms with van der Waals surface area (Å²) in [5.74, 6) is 2.48. The summed E-state index contributed by atoms with van der Waals surface area (Å²) in [4.78, 5) is 23.7. The van der Waals surface area contributed by atoms with Crippen molar-refractivity contribution in [2.75, 3.05) is 19.0 Å². The van der Waals surface area contributed by atoms with Crippen LogP contribution in [0, 0.1) is 5.92 Å². The number of aliphatic hydroxyl groups excluding tert-OH is 1. The number of amides is 1. The number of ether oxygens (including phenoxy) is 2. The molecule has 0 aliphatic carbocycles. The van der Waals surface area contributed by atoms with Crippen molar-refractivity contribution in [1.29, 1.82) is 0 Å². The van der Waals surface area contributed by atoms with Crippen LogP contribution in [0.3, 0.4) is 0 Å². The van der Waals surface area contributed by atoms with E-state index in [9.17, 15) is 9.90 Å². The lowest BCUT2D eigenvalue weighted by Gasteiger charge is -2.48. The molecule has 186 valence electrons. The van der Waals surface area contributed by atoms with Crippen LogP contribution >= 0.6 is 0 Å². The van der Waals surface area contributed by atoms with E-state index in [4.69, 9.17) is 9.47 Å². The molecule has 2 fully saturated rings. The van der Waals surface area contributed by atoms with Crippen LogP contribution < -0.4 is 15.4 Å².